The fraction of sp³-hybridized carbons (Fsp3) is 0.500. The van der Waals surface area contributed by atoms with Crippen LogP contribution in [0.25, 0.3) is 0 Å². The van der Waals surface area contributed by atoms with E-state index in [1.807, 2.05) is 19.1 Å². The molecular weight excluding hydrogens is 250 g/mol. The Balaban J connectivity index is 1.70. The molecule has 1 saturated carbocycles. The van der Waals surface area contributed by atoms with Gasteiger partial charge in [0, 0.05) is 25.0 Å². The minimum atomic E-state index is -0.509. The normalized spacial score (nSPS) is 17.5. The van der Waals surface area contributed by atoms with Crippen molar-refractivity contribution in [2.75, 3.05) is 0 Å². The molecule has 0 spiro atoms. The van der Waals surface area contributed by atoms with Gasteiger partial charge < -0.3 is 5.11 Å². The minimum Gasteiger partial charge on any atom is -0.388 e. The van der Waals surface area contributed by atoms with E-state index in [0.29, 0.717) is 12.5 Å². The van der Waals surface area contributed by atoms with Gasteiger partial charge in [0.2, 0.25) is 0 Å². The fourth-order valence-corrected chi connectivity index (χ4v) is 3.02. The zero-order chi connectivity index (χ0) is 13.9. The van der Waals surface area contributed by atoms with Gasteiger partial charge in [-0.1, -0.05) is 12.8 Å². The van der Waals surface area contributed by atoms with Gasteiger partial charge in [0.1, 0.15) is 0 Å². The van der Waals surface area contributed by atoms with Crippen LogP contribution < -0.4 is 0 Å². The first kappa shape index (κ1) is 13.3. The summed E-state index contributed by atoms with van der Waals surface area (Å²) >= 11 is 0. The smallest absolute Gasteiger partial charge is 0.0849 e. The standard InChI is InChI=1S/C16H21N3O/c1-12-11-17-8-6-15(12)16(20)10-13-7-9-19(18-13)14-4-2-3-5-14/h6-9,11,14,16,20H,2-5,10H2,1H3. The van der Waals surface area contributed by atoms with Gasteiger partial charge in [-0.15, -0.1) is 0 Å². The molecule has 0 aliphatic heterocycles. The van der Waals surface area contributed by atoms with Crippen molar-refractivity contribution in [2.45, 2.75) is 51.2 Å². The molecule has 1 atom stereocenters. The second-order valence-corrected chi connectivity index (χ2v) is 5.68. The lowest BCUT2D eigenvalue weighted by Crippen LogP contribution is -2.08. The van der Waals surface area contributed by atoms with E-state index < -0.39 is 6.10 Å². The molecule has 4 heteroatoms. The van der Waals surface area contributed by atoms with Crippen molar-refractivity contribution >= 4 is 0 Å². The first-order valence-corrected chi connectivity index (χ1v) is 7.36. The van der Waals surface area contributed by atoms with Gasteiger partial charge in [0.25, 0.3) is 0 Å². The molecule has 0 amide bonds. The summed E-state index contributed by atoms with van der Waals surface area (Å²) in [6.45, 7) is 1.97. The predicted molar refractivity (Wildman–Crippen MR) is 77.4 cm³/mol. The van der Waals surface area contributed by atoms with Gasteiger partial charge in [-0.05, 0) is 43.0 Å². The van der Waals surface area contributed by atoms with Crippen molar-refractivity contribution in [2.24, 2.45) is 0 Å². The quantitative estimate of drug-likeness (QED) is 0.930. The molecule has 1 aliphatic rings. The van der Waals surface area contributed by atoms with Gasteiger partial charge >= 0.3 is 0 Å². The lowest BCUT2D eigenvalue weighted by Gasteiger charge is -2.12. The zero-order valence-corrected chi connectivity index (χ0v) is 11.9. The molecule has 3 rings (SSSR count). The van der Waals surface area contributed by atoms with E-state index in [4.69, 9.17) is 0 Å². The molecule has 106 valence electrons. The number of hydrogen-bond acceptors (Lipinski definition) is 3. The van der Waals surface area contributed by atoms with Gasteiger partial charge in [-0.25, -0.2) is 0 Å². The van der Waals surface area contributed by atoms with Crippen LogP contribution in [0.1, 0.15) is 54.6 Å². The Hall–Kier alpha value is -1.68. The predicted octanol–water partition coefficient (Wildman–Crippen LogP) is 2.98. The third kappa shape index (κ3) is 2.75. The molecule has 0 aromatic carbocycles. The number of aryl methyl sites for hydroxylation is 1. The number of aromatic nitrogens is 3. The molecule has 1 fully saturated rings. The molecule has 2 aromatic heterocycles. The van der Waals surface area contributed by atoms with E-state index in [1.165, 1.54) is 25.7 Å². The van der Waals surface area contributed by atoms with Crippen molar-refractivity contribution in [3.63, 3.8) is 0 Å². The van der Waals surface area contributed by atoms with Gasteiger partial charge in [0.15, 0.2) is 0 Å². The number of pyridine rings is 1. The maximum atomic E-state index is 10.4. The second kappa shape index (κ2) is 5.75. The van der Waals surface area contributed by atoms with Crippen molar-refractivity contribution < 1.29 is 5.11 Å². The number of rotatable bonds is 4. The summed E-state index contributed by atoms with van der Waals surface area (Å²) in [5.41, 5.74) is 2.92. The van der Waals surface area contributed by atoms with Crippen molar-refractivity contribution in [3.05, 3.63) is 47.5 Å². The molecule has 0 radical (unpaired) electrons. The topological polar surface area (TPSA) is 50.9 Å². The third-order valence-electron chi connectivity index (χ3n) is 4.19. The summed E-state index contributed by atoms with van der Waals surface area (Å²) < 4.78 is 2.08. The number of hydrogen-bond donors (Lipinski definition) is 1. The highest BCUT2D eigenvalue weighted by molar-refractivity contribution is 5.25. The summed E-state index contributed by atoms with van der Waals surface area (Å²) in [4.78, 5) is 4.06. The van der Waals surface area contributed by atoms with Gasteiger partial charge in [-0.2, -0.15) is 5.10 Å². The minimum absolute atomic E-state index is 0.509. The Kier molecular flexibility index (Phi) is 3.83. The van der Waals surface area contributed by atoms with E-state index in [1.54, 1.807) is 12.4 Å². The van der Waals surface area contributed by atoms with E-state index in [2.05, 4.69) is 21.0 Å². The van der Waals surface area contributed by atoms with Crippen molar-refractivity contribution in [3.8, 4) is 0 Å². The molecule has 2 heterocycles. The zero-order valence-electron chi connectivity index (χ0n) is 11.9. The molecule has 2 aromatic rings. The molecule has 0 saturated heterocycles. The monoisotopic (exact) mass is 271 g/mol. The Morgan fingerprint density at radius 1 is 1.35 bits per heavy atom. The third-order valence-corrected chi connectivity index (χ3v) is 4.19. The number of aliphatic hydroxyl groups excluding tert-OH is 1. The van der Waals surface area contributed by atoms with Crippen LogP contribution in [0.2, 0.25) is 0 Å². The Morgan fingerprint density at radius 2 is 2.15 bits per heavy atom. The van der Waals surface area contributed by atoms with Crippen LogP contribution >= 0.6 is 0 Å². The lowest BCUT2D eigenvalue weighted by atomic mass is 10.0. The average molecular weight is 271 g/mol. The van der Waals surface area contributed by atoms with Crippen LogP contribution in [0.4, 0.5) is 0 Å². The van der Waals surface area contributed by atoms with Crippen LogP contribution in [-0.4, -0.2) is 19.9 Å². The average Bonchev–Trinajstić information content (AvgIpc) is 3.09. The van der Waals surface area contributed by atoms with Crippen LogP contribution in [-0.2, 0) is 6.42 Å². The van der Waals surface area contributed by atoms with E-state index in [-0.39, 0.29) is 0 Å². The Bertz CT molecular complexity index is 573. The molecule has 0 bridgehead atoms. The lowest BCUT2D eigenvalue weighted by molar-refractivity contribution is 0.176. The highest BCUT2D eigenvalue weighted by Crippen LogP contribution is 2.29. The highest BCUT2D eigenvalue weighted by Gasteiger charge is 2.18. The Morgan fingerprint density at radius 3 is 2.90 bits per heavy atom. The van der Waals surface area contributed by atoms with E-state index in [9.17, 15) is 5.11 Å². The molecule has 4 nitrogen and oxygen atoms in total. The number of aliphatic hydroxyl groups is 1. The maximum Gasteiger partial charge on any atom is 0.0849 e. The van der Waals surface area contributed by atoms with E-state index >= 15 is 0 Å². The van der Waals surface area contributed by atoms with Gasteiger partial charge in [0.05, 0.1) is 17.8 Å². The molecule has 1 aliphatic carbocycles. The molecule has 20 heavy (non-hydrogen) atoms. The first-order valence-electron chi connectivity index (χ1n) is 7.36. The second-order valence-electron chi connectivity index (χ2n) is 5.68. The highest BCUT2D eigenvalue weighted by atomic mass is 16.3. The van der Waals surface area contributed by atoms with Crippen LogP contribution in [0.5, 0.6) is 0 Å². The summed E-state index contributed by atoms with van der Waals surface area (Å²) in [5.74, 6) is 0. The first-order chi connectivity index (χ1) is 9.74. The summed E-state index contributed by atoms with van der Waals surface area (Å²) in [6.07, 6.45) is 10.7. The SMILES string of the molecule is Cc1cnccc1C(O)Cc1ccn(C2CCCC2)n1. The van der Waals surface area contributed by atoms with Crippen LogP contribution in [0.15, 0.2) is 30.7 Å². The van der Waals surface area contributed by atoms with E-state index in [0.717, 1.165) is 16.8 Å². The van der Waals surface area contributed by atoms with Crippen LogP contribution in [0.3, 0.4) is 0 Å². The summed E-state index contributed by atoms with van der Waals surface area (Å²) in [7, 11) is 0. The summed E-state index contributed by atoms with van der Waals surface area (Å²) in [5, 5.41) is 15.0. The fourth-order valence-electron chi connectivity index (χ4n) is 3.02. The maximum absolute atomic E-state index is 10.4. The molecular formula is C16H21N3O. The molecule has 1 unspecified atom stereocenters. The van der Waals surface area contributed by atoms with Gasteiger partial charge in [-0.3, -0.25) is 9.67 Å². The largest absolute Gasteiger partial charge is 0.388 e. The Labute approximate surface area is 119 Å². The van der Waals surface area contributed by atoms with Crippen LogP contribution in [0, 0.1) is 6.92 Å². The van der Waals surface area contributed by atoms with Crippen molar-refractivity contribution in [1.29, 1.82) is 0 Å². The molecule has 1 N–H and O–H groups in total. The summed E-state index contributed by atoms with van der Waals surface area (Å²) in [6, 6.07) is 4.47. The van der Waals surface area contributed by atoms with Crippen molar-refractivity contribution in [1.82, 2.24) is 14.8 Å². The number of nitrogens with zero attached hydrogens (tertiary/aromatic N) is 3.